The summed E-state index contributed by atoms with van der Waals surface area (Å²) in [6, 6.07) is 3.99. The summed E-state index contributed by atoms with van der Waals surface area (Å²) in [6.45, 7) is 23.0. The summed E-state index contributed by atoms with van der Waals surface area (Å²) >= 11 is 0. The number of hydrogen-bond acceptors (Lipinski definition) is 4. The molecule has 1 rings (SSSR count). The second kappa shape index (κ2) is 9.27. The molecular formula is C23H42O4Si2. The van der Waals surface area contributed by atoms with Crippen LogP contribution in [0.1, 0.15) is 47.1 Å². The molecular weight excluding hydrogens is 396 g/mol. The van der Waals surface area contributed by atoms with Crippen molar-refractivity contribution in [1.29, 1.82) is 0 Å². The van der Waals surface area contributed by atoms with Gasteiger partial charge in [-0.15, -0.1) is 0 Å². The summed E-state index contributed by atoms with van der Waals surface area (Å²) in [5.41, 5.74) is 1.00. The van der Waals surface area contributed by atoms with E-state index in [-0.39, 0.29) is 10.1 Å². The van der Waals surface area contributed by atoms with Crippen molar-refractivity contribution >= 4 is 22.7 Å². The van der Waals surface area contributed by atoms with Gasteiger partial charge in [0.15, 0.2) is 25.6 Å². The van der Waals surface area contributed by atoms with Crippen molar-refractivity contribution in [2.24, 2.45) is 0 Å². The van der Waals surface area contributed by atoms with Gasteiger partial charge in [0, 0.05) is 0 Å². The molecule has 0 saturated heterocycles. The zero-order valence-corrected chi connectivity index (χ0v) is 22.6. The molecule has 29 heavy (non-hydrogen) atoms. The fourth-order valence-corrected chi connectivity index (χ4v) is 4.13. The molecule has 0 unspecified atom stereocenters. The van der Waals surface area contributed by atoms with E-state index in [9.17, 15) is 0 Å². The number of rotatable bonds is 8. The molecule has 1 aromatic carbocycles. The van der Waals surface area contributed by atoms with Crippen LogP contribution in [0.25, 0.3) is 6.08 Å². The Morgan fingerprint density at radius 1 is 0.793 bits per heavy atom. The Morgan fingerprint density at radius 2 is 1.24 bits per heavy atom. The van der Waals surface area contributed by atoms with Gasteiger partial charge in [0.05, 0.1) is 20.8 Å². The summed E-state index contributed by atoms with van der Waals surface area (Å²) in [7, 11) is -0.434. The van der Waals surface area contributed by atoms with Crippen LogP contribution in [-0.4, -0.2) is 37.5 Å². The van der Waals surface area contributed by atoms with E-state index in [4.69, 9.17) is 18.3 Å². The fraction of sp³-hybridized carbons (Fsp3) is 0.652. The number of ether oxygens (including phenoxy) is 2. The lowest BCUT2D eigenvalue weighted by Gasteiger charge is -2.37. The molecule has 0 atom stereocenters. The zero-order valence-electron chi connectivity index (χ0n) is 20.6. The Balaban J connectivity index is 3.09. The third kappa shape index (κ3) is 6.62. The van der Waals surface area contributed by atoms with Crippen molar-refractivity contribution in [3.63, 3.8) is 0 Å². The Bertz CT molecular complexity index is 686. The van der Waals surface area contributed by atoms with Gasteiger partial charge in [0.2, 0.25) is 0 Å². The highest BCUT2D eigenvalue weighted by atomic mass is 28.4. The highest BCUT2D eigenvalue weighted by Gasteiger charge is 2.40. The van der Waals surface area contributed by atoms with Crippen LogP contribution in [0.5, 0.6) is 17.2 Å². The molecule has 0 N–H and O–H groups in total. The Hall–Kier alpha value is -1.25. The molecule has 0 bridgehead atoms. The van der Waals surface area contributed by atoms with Crippen LogP contribution < -0.4 is 13.9 Å². The minimum Gasteiger partial charge on any atom is -0.539 e. The SMILES string of the molecule is COc1cc(/C=C/CO[Si](C)(C)C(C)(C)C)cc(OC)c1O[Si](C)(C)C(C)(C)C. The first kappa shape index (κ1) is 25.8. The maximum absolute atomic E-state index is 6.52. The third-order valence-electron chi connectivity index (χ3n) is 6.30. The Labute approximate surface area is 180 Å². The van der Waals surface area contributed by atoms with Crippen LogP contribution in [0, 0.1) is 0 Å². The van der Waals surface area contributed by atoms with E-state index in [0.29, 0.717) is 23.9 Å². The van der Waals surface area contributed by atoms with E-state index in [1.807, 2.05) is 18.2 Å². The van der Waals surface area contributed by atoms with E-state index in [2.05, 4.69) is 73.8 Å². The van der Waals surface area contributed by atoms with E-state index in [1.54, 1.807) is 14.2 Å². The molecule has 6 heteroatoms. The van der Waals surface area contributed by atoms with Gasteiger partial charge in [0.25, 0.3) is 8.32 Å². The number of hydrogen-bond donors (Lipinski definition) is 0. The molecule has 0 heterocycles. The lowest BCUT2D eigenvalue weighted by atomic mass is 10.1. The molecule has 0 amide bonds. The molecule has 0 fully saturated rings. The number of methoxy groups -OCH3 is 2. The summed E-state index contributed by atoms with van der Waals surface area (Å²) in [5, 5.41) is 0.290. The second-order valence-electron chi connectivity index (χ2n) is 10.6. The lowest BCUT2D eigenvalue weighted by Crippen LogP contribution is -2.44. The lowest BCUT2D eigenvalue weighted by molar-refractivity contribution is 0.328. The van der Waals surface area contributed by atoms with Gasteiger partial charge in [-0.3, -0.25) is 0 Å². The molecule has 1 aromatic rings. The highest BCUT2D eigenvalue weighted by molar-refractivity contribution is 6.75. The summed E-state index contributed by atoms with van der Waals surface area (Å²) < 4.78 is 24.0. The molecule has 0 spiro atoms. The standard InChI is InChI=1S/C23H42O4Si2/c1-22(2,3)28(9,10)26-15-13-14-18-16-19(24-7)21(20(17-18)25-8)27-29(11,12)23(4,5)6/h13-14,16-17H,15H2,1-12H3/b14-13+. The molecule has 0 aliphatic rings. The second-order valence-corrected chi connectivity index (χ2v) is 20.1. The van der Waals surface area contributed by atoms with Gasteiger partial charge < -0.3 is 18.3 Å². The molecule has 0 aliphatic carbocycles. The van der Waals surface area contributed by atoms with Gasteiger partial charge >= 0.3 is 0 Å². The molecule has 166 valence electrons. The van der Waals surface area contributed by atoms with Gasteiger partial charge in [-0.2, -0.15) is 0 Å². The monoisotopic (exact) mass is 438 g/mol. The first-order valence-corrected chi connectivity index (χ1v) is 16.1. The fourth-order valence-electron chi connectivity index (χ4n) is 2.16. The smallest absolute Gasteiger partial charge is 0.250 e. The van der Waals surface area contributed by atoms with Crippen LogP contribution in [0.3, 0.4) is 0 Å². The van der Waals surface area contributed by atoms with Crippen LogP contribution in [0.2, 0.25) is 36.3 Å². The largest absolute Gasteiger partial charge is 0.539 e. The highest BCUT2D eigenvalue weighted by Crippen LogP contribution is 2.45. The quantitative estimate of drug-likeness (QED) is 0.405. The third-order valence-corrected chi connectivity index (χ3v) is 15.1. The molecule has 0 aliphatic heterocycles. The first-order valence-electron chi connectivity index (χ1n) is 10.3. The van der Waals surface area contributed by atoms with E-state index in [1.165, 1.54) is 0 Å². The van der Waals surface area contributed by atoms with Crippen molar-refractivity contribution in [1.82, 2.24) is 0 Å². The van der Waals surface area contributed by atoms with Gasteiger partial charge in [0.1, 0.15) is 0 Å². The van der Waals surface area contributed by atoms with Gasteiger partial charge in [-0.1, -0.05) is 53.7 Å². The zero-order chi connectivity index (χ0) is 22.7. The van der Waals surface area contributed by atoms with Gasteiger partial charge in [-0.05, 0) is 54.0 Å². The minimum absolute atomic E-state index is 0.0860. The summed E-state index contributed by atoms with van der Waals surface area (Å²) in [5.74, 6) is 2.08. The average Bonchev–Trinajstić information content (AvgIpc) is 2.57. The topological polar surface area (TPSA) is 36.9 Å². The van der Waals surface area contributed by atoms with Crippen LogP contribution >= 0.6 is 0 Å². The minimum atomic E-state index is -2.02. The van der Waals surface area contributed by atoms with E-state index in [0.717, 1.165) is 5.56 Å². The molecule has 4 nitrogen and oxygen atoms in total. The predicted octanol–water partition coefficient (Wildman–Crippen LogP) is 7.12. The van der Waals surface area contributed by atoms with E-state index < -0.39 is 16.6 Å². The maximum Gasteiger partial charge on any atom is 0.250 e. The van der Waals surface area contributed by atoms with Crippen LogP contribution in [-0.2, 0) is 4.43 Å². The summed E-state index contributed by atoms with van der Waals surface area (Å²) in [6.07, 6.45) is 4.11. The predicted molar refractivity (Wildman–Crippen MR) is 130 cm³/mol. The van der Waals surface area contributed by atoms with Crippen molar-refractivity contribution < 1.29 is 18.3 Å². The molecule has 0 aromatic heterocycles. The molecule has 0 saturated carbocycles. The van der Waals surface area contributed by atoms with Crippen molar-refractivity contribution in [2.45, 2.75) is 77.8 Å². The van der Waals surface area contributed by atoms with Crippen LogP contribution in [0.4, 0.5) is 0 Å². The first-order chi connectivity index (χ1) is 13.1. The number of benzene rings is 1. The average molecular weight is 439 g/mol. The Kier molecular flexibility index (Phi) is 8.24. The Morgan fingerprint density at radius 3 is 1.62 bits per heavy atom. The normalized spacial score (nSPS) is 13.7. The van der Waals surface area contributed by atoms with Gasteiger partial charge in [-0.25, -0.2) is 0 Å². The van der Waals surface area contributed by atoms with Crippen LogP contribution in [0.15, 0.2) is 18.2 Å². The maximum atomic E-state index is 6.52. The van der Waals surface area contributed by atoms with Crippen molar-refractivity contribution in [2.75, 3.05) is 20.8 Å². The van der Waals surface area contributed by atoms with E-state index >= 15 is 0 Å². The van der Waals surface area contributed by atoms with Crippen molar-refractivity contribution in [3.05, 3.63) is 23.8 Å². The van der Waals surface area contributed by atoms with Crippen molar-refractivity contribution in [3.8, 4) is 17.2 Å². The molecule has 0 radical (unpaired) electrons. The summed E-state index contributed by atoms with van der Waals surface area (Å²) in [4.78, 5) is 0.